The number of piperidine rings is 1. The molecule has 1 aliphatic carbocycles. The van der Waals surface area contributed by atoms with E-state index in [0.29, 0.717) is 12.0 Å². The summed E-state index contributed by atoms with van der Waals surface area (Å²) in [7, 11) is 0. The lowest BCUT2D eigenvalue weighted by molar-refractivity contribution is 0.262. The van der Waals surface area contributed by atoms with E-state index in [0.717, 1.165) is 38.9 Å². The predicted molar refractivity (Wildman–Crippen MR) is 168 cm³/mol. The van der Waals surface area contributed by atoms with Gasteiger partial charge in [-0.25, -0.2) is 0 Å². The van der Waals surface area contributed by atoms with Crippen LogP contribution in [0.15, 0.2) is 90.8 Å². The molecule has 1 saturated heterocycles. The molecule has 0 radical (unpaired) electrons. The third-order valence-corrected chi connectivity index (χ3v) is 8.31. The van der Waals surface area contributed by atoms with E-state index in [9.17, 15) is 5.11 Å². The Kier molecular flexibility index (Phi) is 9.73. The molecule has 2 N–H and O–H groups in total. The smallest absolute Gasteiger partial charge is 0.0686 e. The van der Waals surface area contributed by atoms with E-state index in [2.05, 4.69) is 96.2 Å². The molecule has 0 bridgehead atoms. The summed E-state index contributed by atoms with van der Waals surface area (Å²) >= 11 is 0. The van der Waals surface area contributed by atoms with Crippen LogP contribution in [0.3, 0.4) is 0 Å². The summed E-state index contributed by atoms with van der Waals surface area (Å²) in [5, 5.41) is 12.9. The summed E-state index contributed by atoms with van der Waals surface area (Å²) in [5.41, 5.74) is 13.6. The van der Waals surface area contributed by atoms with Gasteiger partial charge in [0.05, 0.1) is 6.61 Å². The molecule has 5 rings (SSSR count). The van der Waals surface area contributed by atoms with E-state index in [1.54, 1.807) is 6.08 Å². The van der Waals surface area contributed by atoms with Crippen molar-refractivity contribution in [2.24, 2.45) is 5.92 Å². The fraction of sp³-hybridized carbons (Fsp3) is 0.378. The van der Waals surface area contributed by atoms with Gasteiger partial charge in [-0.1, -0.05) is 80.6 Å². The lowest BCUT2D eigenvalue weighted by Crippen LogP contribution is -2.37. The number of benzene rings is 3. The van der Waals surface area contributed by atoms with Crippen molar-refractivity contribution >= 4 is 6.08 Å². The second-order valence-corrected chi connectivity index (χ2v) is 11.4. The number of aliphatic hydroxyl groups excluding tert-OH is 1. The maximum atomic E-state index is 9.29. The monoisotopic (exact) mass is 532 g/mol. The van der Waals surface area contributed by atoms with Gasteiger partial charge in [-0.15, -0.1) is 5.73 Å². The molecule has 208 valence electrons. The first-order valence-electron chi connectivity index (χ1n) is 15.1. The van der Waals surface area contributed by atoms with Gasteiger partial charge in [0.15, 0.2) is 0 Å². The second-order valence-electron chi connectivity index (χ2n) is 11.4. The number of aryl methyl sites for hydroxylation is 1. The van der Waals surface area contributed by atoms with Gasteiger partial charge in [0.1, 0.15) is 0 Å². The maximum absolute atomic E-state index is 9.29. The summed E-state index contributed by atoms with van der Waals surface area (Å²) in [6.07, 6.45) is 11.7. The van der Waals surface area contributed by atoms with Crippen LogP contribution >= 0.6 is 0 Å². The molecule has 0 spiro atoms. The summed E-state index contributed by atoms with van der Waals surface area (Å²) in [4.78, 5) is 2.61. The molecular formula is C37H44N2O. The molecular weight excluding hydrogens is 488 g/mol. The van der Waals surface area contributed by atoms with Crippen LogP contribution in [0.5, 0.6) is 0 Å². The molecule has 2 aliphatic rings. The van der Waals surface area contributed by atoms with Gasteiger partial charge >= 0.3 is 0 Å². The molecule has 40 heavy (non-hydrogen) atoms. The zero-order valence-corrected chi connectivity index (χ0v) is 24.0. The van der Waals surface area contributed by atoms with Crippen LogP contribution in [0.2, 0.25) is 0 Å². The van der Waals surface area contributed by atoms with Crippen molar-refractivity contribution in [3.05, 3.63) is 119 Å². The Bertz CT molecular complexity index is 1320. The van der Waals surface area contributed by atoms with Crippen LogP contribution in [-0.4, -0.2) is 35.7 Å². The lowest BCUT2D eigenvalue weighted by atomic mass is 9.90. The molecule has 3 heteroatoms. The highest BCUT2D eigenvalue weighted by atomic mass is 16.2. The molecule has 3 aromatic rings. The highest BCUT2D eigenvalue weighted by molar-refractivity contribution is 5.72. The molecule has 3 nitrogen and oxygen atoms in total. The average Bonchev–Trinajstić information content (AvgIpc) is 3.84. The Morgan fingerprint density at radius 3 is 2.48 bits per heavy atom. The van der Waals surface area contributed by atoms with Gasteiger partial charge < -0.3 is 15.3 Å². The van der Waals surface area contributed by atoms with Crippen molar-refractivity contribution in [1.29, 1.82) is 0 Å². The first-order chi connectivity index (χ1) is 19.7. The van der Waals surface area contributed by atoms with Crippen molar-refractivity contribution in [2.75, 3.05) is 19.7 Å². The average molecular weight is 533 g/mol. The molecule has 1 heterocycles. The lowest BCUT2D eigenvalue weighted by Gasteiger charge is -2.35. The Labute approximate surface area is 241 Å². The quantitative estimate of drug-likeness (QED) is 0.237. The highest BCUT2D eigenvalue weighted by Crippen LogP contribution is 2.38. The van der Waals surface area contributed by atoms with Gasteiger partial charge in [0.2, 0.25) is 0 Å². The first-order valence-corrected chi connectivity index (χ1v) is 15.1. The van der Waals surface area contributed by atoms with Crippen LogP contribution in [0.25, 0.3) is 17.2 Å². The van der Waals surface area contributed by atoms with Crippen LogP contribution in [-0.2, 0) is 19.4 Å². The van der Waals surface area contributed by atoms with Crippen molar-refractivity contribution in [3.63, 3.8) is 0 Å². The van der Waals surface area contributed by atoms with Gasteiger partial charge in [0.25, 0.3) is 0 Å². The molecule has 1 saturated carbocycles. The Morgan fingerprint density at radius 1 is 1.02 bits per heavy atom. The summed E-state index contributed by atoms with van der Waals surface area (Å²) < 4.78 is 0. The number of aliphatic hydroxyl groups is 1. The Morgan fingerprint density at radius 2 is 1.80 bits per heavy atom. The van der Waals surface area contributed by atoms with E-state index in [1.807, 2.05) is 6.08 Å². The third-order valence-electron chi connectivity index (χ3n) is 8.31. The standard InChI is InChI=1S/C37H44N2O/c1-3-10-32-25-37(31-17-15-30(16-18-31)23-29-11-5-4-6-12-29)35(24-33(32)13-7-8-22-40)27-39(36-19-20-36)28(2)34-14-9-21-38-26-34/h4-6,8,11-13,15-18,24-25,34,36,38,40H,2-3,9-10,14,19-23,26-27H2,1H3. The van der Waals surface area contributed by atoms with Crippen molar-refractivity contribution in [2.45, 2.75) is 64.5 Å². The predicted octanol–water partition coefficient (Wildman–Crippen LogP) is 7.54. The SMILES string of the molecule is C=C(C1CCCNC1)N(Cc1cc(C=C=CCO)c(CCC)cc1-c1ccc(Cc2ccccc2)cc1)C1CC1. The van der Waals surface area contributed by atoms with Crippen LogP contribution in [0, 0.1) is 5.92 Å². The molecule has 1 unspecified atom stereocenters. The summed E-state index contributed by atoms with van der Waals surface area (Å²) in [5.74, 6) is 0.515. The van der Waals surface area contributed by atoms with Gasteiger partial charge in [-0.3, -0.25) is 0 Å². The fourth-order valence-corrected chi connectivity index (χ4v) is 5.97. The minimum atomic E-state index is 0.00455. The molecule has 0 aromatic heterocycles. The number of rotatable bonds is 12. The number of hydrogen-bond acceptors (Lipinski definition) is 3. The number of nitrogens with one attached hydrogen (secondary N) is 1. The van der Waals surface area contributed by atoms with Gasteiger partial charge in [-0.05, 0) is 102 Å². The summed E-state index contributed by atoms with van der Waals surface area (Å²) in [6, 6.07) is 25.2. The maximum Gasteiger partial charge on any atom is 0.0686 e. The van der Waals surface area contributed by atoms with Crippen molar-refractivity contribution in [3.8, 4) is 11.1 Å². The van der Waals surface area contributed by atoms with Crippen LogP contribution in [0.4, 0.5) is 0 Å². The van der Waals surface area contributed by atoms with Crippen molar-refractivity contribution in [1.82, 2.24) is 10.2 Å². The van der Waals surface area contributed by atoms with E-state index in [-0.39, 0.29) is 6.61 Å². The normalized spacial score (nSPS) is 16.7. The molecule has 2 fully saturated rings. The van der Waals surface area contributed by atoms with Gasteiger partial charge in [-0.2, -0.15) is 0 Å². The van der Waals surface area contributed by atoms with Crippen molar-refractivity contribution < 1.29 is 5.11 Å². The van der Waals surface area contributed by atoms with E-state index in [4.69, 9.17) is 0 Å². The van der Waals surface area contributed by atoms with E-state index in [1.165, 1.54) is 70.3 Å². The number of nitrogens with zero attached hydrogens (tertiary/aromatic N) is 1. The zero-order chi connectivity index (χ0) is 27.7. The minimum Gasteiger partial charge on any atom is -0.392 e. The minimum absolute atomic E-state index is 0.00455. The largest absolute Gasteiger partial charge is 0.392 e. The van der Waals surface area contributed by atoms with E-state index >= 15 is 0 Å². The second kappa shape index (κ2) is 13.8. The number of hydrogen-bond donors (Lipinski definition) is 2. The fourth-order valence-electron chi connectivity index (χ4n) is 5.97. The molecule has 1 atom stereocenters. The van der Waals surface area contributed by atoms with E-state index < -0.39 is 0 Å². The summed E-state index contributed by atoms with van der Waals surface area (Å²) in [6.45, 7) is 9.92. The first kappa shape index (κ1) is 28.2. The van der Waals surface area contributed by atoms with Crippen LogP contribution in [0.1, 0.15) is 66.8 Å². The molecule has 0 amide bonds. The zero-order valence-electron chi connectivity index (χ0n) is 24.0. The highest BCUT2D eigenvalue weighted by Gasteiger charge is 2.33. The Balaban J connectivity index is 1.51. The van der Waals surface area contributed by atoms with Crippen LogP contribution < -0.4 is 5.32 Å². The third kappa shape index (κ3) is 7.23. The molecule has 1 aliphatic heterocycles. The van der Waals surface area contributed by atoms with Gasteiger partial charge in [0, 0.05) is 30.7 Å². The topological polar surface area (TPSA) is 35.5 Å². The Hall–Kier alpha value is -3.36. The molecule has 3 aromatic carbocycles.